The quantitative estimate of drug-likeness (QED) is 0.538. The van der Waals surface area contributed by atoms with Crippen LogP contribution in [0.4, 0.5) is 11.6 Å². The number of anilines is 2. The third kappa shape index (κ3) is 5.36. The summed E-state index contributed by atoms with van der Waals surface area (Å²) in [5, 5.41) is 18.4. The van der Waals surface area contributed by atoms with Crippen molar-refractivity contribution in [3.63, 3.8) is 0 Å². The first-order chi connectivity index (χ1) is 18.5. The number of aliphatic hydroxyl groups excluding tert-OH is 1. The number of aliphatic hydroxyl groups is 1. The molecule has 8 nitrogen and oxygen atoms in total. The van der Waals surface area contributed by atoms with Crippen molar-refractivity contribution in [1.29, 1.82) is 0 Å². The van der Waals surface area contributed by atoms with E-state index in [1.165, 1.54) is 11.1 Å². The van der Waals surface area contributed by atoms with Crippen LogP contribution in [0.3, 0.4) is 0 Å². The molecule has 0 aliphatic carbocycles. The minimum Gasteiger partial charge on any atom is -0.394 e. The summed E-state index contributed by atoms with van der Waals surface area (Å²) in [6, 6.07) is 11.8. The molecule has 0 unspecified atom stereocenters. The Morgan fingerprint density at radius 3 is 2.45 bits per heavy atom. The number of amides is 1. The van der Waals surface area contributed by atoms with Gasteiger partial charge in [-0.1, -0.05) is 12.1 Å². The fourth-order valence-electron chi connectivity index (χ4n) is 6.17. The average Bonchev–Trinajstić information content (AvgIpc) is 2.96. The number of aryl methyl sites for hydroxylation is 2. The van der Waals surface area contributed by atoms with Gasteiger partial charge in [0.05, 0.1) is 12.6 Å². The lowest BCUT2D eigenvalue weighted by Crippen LogP contribution is -2.56. The SMILES string of the molecule is Cc1cc(C)c(C(=O)N2CCN(c3ccccn3)[C@H](CO)C2)c(C)c1CC1CCN(c2cccnn2)CC1. The van der Waals surface area contributed by atoms with E-state index >= 15 is 0 Å². The van der Waals surface area contributed by atoms with Crippen molar-refractivity contribution in [2.75, 3.05) is 49.1 Å². The fourth-order valence-corrected chi connectivity index (χ4v) is 6.17. The van der Waals surface area contributed by atoms with Gasteiger partial charge in [0.25, 0.3) is 5.91 Å². The van der Waals surface area contributed by atoms with Crippen molar-refractivity contribution in [3.05, 3.63) is 76.6 Å². The van der Waals surface area contributed by atoms with Crippen LogP contribution in [0.2, 0.25) is 0 Å². The predicted molar refractivity (Wildman–Crippen MR) is 150 cm³/mol. The van der Waals surface area contributed by atoms with Crippen molar-refractivity contribution < 1.29 is 9.90 Å². The van der Waals surface area contributed by atoms with Crippen molar-refractivity contribution in [2.45, 2.75) is 46.1 Å². The molecular weight excluding hydrogens is 476 g/mol. The zero-order valence-corrected chi connectivity index (χ0v) is 22.7. The monoisotopic (exact) mass is 514 g/mol. The van der Waals surface area contributed by atoms with E-state index < -0.39 is 0 Å². The molecular formula is C30H38N6O2. The summed E-state index contributed by atoms with van der Waals surface area (Å²) in [6.07, 6.45) is 6.66. The van der Waals surface area contributed by atoms with Crippen LogP contribution in [0.5, 0.6) is 0 Å². The molecule has 38 heavy (non-hydrogen) atoms. The largest absolute Gasteiger partial charge is 0.394 e. The summed E-state index contributed by atoms with van der Waals surface area (Å²) in [5.41, 5.74) is 5.53. The fraction of sp³-hybridized carbons (Fsp3) is 0.467. The normalized spacial score (nSPS) is 18.6. The van der Waals surface area contributed by atoms with Crippen LogP contribution in [0, 0.1) is 26.7 Å². The molecule has 1 atom stereocenters. The Kier molecular flexibility index (Phi) is 7.88. The number of piperazine rings is 1. The number of benzene rings is 1. The highest BCUT2D eigenvalue weighted by Gasteiger charge is 2.32. The van der Waals surface area contributed by atoms with Crippen LogP contribution in [0.15, 0.2) is 48.8 Å². The molecule has 0 bridgehead atoms. The first-order valence-corrected chi connectivity index (χ1v) is 13.7. The van der Waals surface area contributed by atoms with Gasteiger partial charge in [0, 0.05) is 50.7 Å². The van der Waals surface area contributed by atoms with Gasteiger partial charge in [0.15, 0.2) is 5.82 Å². The molecule has 4 heterocycles. The molecule has 0 saturated carbocycles. The number of carbonyl (C=O) groups excluding carboxylic acids is 1. The second kappa shape index (κ2) is 11.5. The lowest BCUT2D eigenvalue weighted by atomic mass is 9.84. The average molecular weight is 515 g/mol. The van der Waals surface area contributed by atoms with Gasteiger partial charge in [-0.05, 0) is 92.5 Å². The zero-order chi connectivity index (χ0) is 26.6. The molecule has 5 rings (SSSR count). The molecule has 2 saturated heterocycles. The Balaban J connectivity index is 1.30. The maximum Gasteiger partial charge on any atom is 0.254 e. The number of nitrogens with zero attached hydrogens (tertiary/aromatic N) is 6. The Morgan fingerprint density at radius 1 is 0.974 bits per heavy atom. The zero-order valence-electron chi connectivity index (χ0n) is 22.7. The van der Waals surface area contributed by atoms with Gasteiger partial charge >= 0.3 is 0 Å². The van der Waals surface area contributed by atoms with Crippen molar-refractivity contribution in [2.24, 2.45) is 5.92 Å². The first kappa shape index (κ1) is 26.1. The highest BCUT2D eigenvalue weighted by Crippen LogP contribution is 2.31. The third-order valence-corrected chi connectivity index (χ3v) is 8.26. The topological polar surface area (TPSA) is 85.7 Å². The van der Waals surface area contributed by atoms with Gasteiger partial charge in [-0.3, -0.25) is 4.79 Å². The third-order valence-electron chi connectivity index (χ3n) is 8.26. The molecule has 3 aromatic rings. The van der Waals surface area contributed by atoms with Crippen molar-refractivity contribution in [3.8, 4) is 0 Å². The molecule has 2 aliphatic rings. The van der Waals surface area contributed by atoms with E-state index in [1.54, 1.807) is 12.4 Å². The van der Waals surface area contributed by atoms with E-state index in [-0.39, 0.29) is 18.6 Å². The highest BCUT2D eigenvalue weighted by molar-refractivity contribution is 5.97. The van der Waals surface area contributed by atoms with E-state index in [1.807, 2.05) is 42.2 Å². The van der Waals surface area contributed by atoms with Crippen LogP contribution in [0.25, 0.3) is 0 Å². The summed E-state index contributed by atoms with van der Waals surface area (Å²) >= 11 is 0. The van der Waals surface area contributed by atoms with Gasteiger partial charge in [-0.2, -0.15) is 5.10 Å². The van der Waals surface area contributed by atoms with E-state index in [0.717, 1.165) is 60.7 Å². The van der Waals surface area contributed by atoms with Crippen LogP contribution in [0.1, 0.15) is 45.5 Å². The molecule has 0 spiro atoms. The van der Waals surface area contributed by atoms with Crippen LogP contribution in [-0.4, -0.2) is 76.5 Å². The standard InChI is InChI=1S/C30H38N6O2/c1-21-17-22(2)29(30(38)35-15-16-36(25(19-35)20-37)27-7-4-5-11-31-27)23(3)26(21)18-24-9-13-34(14-10-24)28-8-6-12-32-33-28/h4-8,11-12,17,24-25,37H,9-10,13-16,18-20H2,1-3H3/t25-/m0/s1. The van der Waals surface area contributed by atoms with Gasteiger partial charge in [0.2, 0.25) is 0 Å². The van der Waals surface area contributed by atoms with Gasteiger partial charge in [-0.15, -0.1) is 5.10 Å². The van der Waals surface area contributed by atoms with E-state index in [2.05, 4.69) is 44.9 Å². The maximum absolute atomic E-state index is 13.9. The summed E-state index contributed by atoms with van der Waals surface area (Å²) in [5.74, 6) is 2.43. The van der Waals surface area contributed by atoms with E-state index in [0.29, 0.717) is 25.6 Å². The molecule has 1 amide bonds. The highest BCUT2D eigenvalue weighted by atomic mass is 16.3. The van der Waals surface area contributed by atoms with Crippen molar-refractivity contribution >= 4 is 17.5 Å². The first-order valence-electron chi connectivity index (χ1n) is 13.7. The second-order valence-corrected chi connectivity index (χ2v) is 10.7. The Bertz CT molecular complexity index is 1240. The second-order valence-electron chi connectivity index (χ2n) is 10.7. The van der Waals surface area contributed by atoms with Gasteiger partial charge in [0.1, 0.15) is 5.82 Å². The Hall–Kier alpha value is -3.52. The van der Waals surface area contributed by atoms with E-state index in [9.17, 15) is 9.90 Å². The number of aromatic nitrogens is 3. The van der Waals surface area contributed by atoms with Crippen molar-refractivity contribution in [1.82, 2.24) is 20.1 Å². The summed E-state index contributed by atoms with van der Waals surface area (Å²) in [4.78, 5) is 24.7. The molecule has 2 aromatic heterocycles. The minimum atomic E-state index is -0.173. The number of carbonyl (C=O) groups is 1. The Morgan fingerprint density at radius 2 is 1.76 bits per heavy atom. The molecule has 1 aromatic carbocycles. The predicted octanol–water partition coefficient (Wildman–Crippen LogP) is 3.58. The van der Waals surface area contributed by atoms with E-state index in [4.69, 9.17) is 0 Å². The number of rotatable bonds is 6. The lowest BCUT2D eigenvalue weighted by Gasteiger charge is -2.41. The molecule has 2 aliphatic heterocycles. The summed E-state index contributed by atoms with van der Waals surface area (Å²) in [6.45, 7) is 9.99. The van der Waals surface area contributed by atoms with Gasteiger partial charge in [-0.25, -0.2) is 4.98 Å². The molecule has 0 radical (unpaired) electrons. The number of hydrogen-bond donors (Lipinski definition) is 1. The van der Waals surface area contributed by atoms with Crippen LogP contribution >= 0.6 is 0 Å². The number of piperidine rings is 1. The molecule has 2 fully saturated rings. The lowest BCUT2D eigenvalue weighted by molar-refractivity contribution is 0.0697. The molecule has 8 heteroatoms. The van der Waals surface area contributed by atoms with Crippen LogP contribution < -0.4 is 9.80 Å². The molecule has 200 valence electrons. The summed E-state index contributed by atoms with van der Waals surface area (Å²) in [7, 11) is 0. The molecule has 1 N–H and O–H groups in total. The summed E-state index contributed by atoms with van der Waals surface area (Å²) < 4.78 is 0. The van der Waals surface area contributed by atoms with Gasteiger partial charge < -0.3 is 19.8 Å². The smallest absolute Gasteiger partial charge is 0.254 e. The number of pyridine rings is 1. The van der Waals surface area contributed by atoms with Crippen LogP contribution in [-0.2, 0) is 6.42 Å². The Labute approximate surface area is 225 Å². The minimum absolute atomic E-state index is 0.0231. The maximum atomic E-state index is 13.9. The number of hydrogen-bond acceptors (Lipinski definition) is 7.